The Bertz CT molecular complexity index is 458. The predicted molar refractivity (Wildman–Crippen MR) is 88.3 cm³/mol. The van der Waals surface area contributed by atoms with Gasteiger partial charge in [-0.2, -0.15) is 0 Å². The summed E-state index contributed by atoms with van der Waals surface area (Å²) in [5.41, 5.74) is 6.94. The van der Waals surface area contributed by atoms with E-state index in [-0.39, 0.29) is 11.8 Å². The van der Waals surface area contributed by atoms with Crippen LogP contribution in [0.1, 0.15) is 32.3 Å². The van der Waals surface area contributed by atoms with Crippen LogP contribution in [0, 0.1) is 0 Å². The zero-order chi connectivity index (χ0) is 16.4. The van der Waals surface area contributed by atoms with E-state index in [2.05, 4.69) is 5.32 Å². The summed E-state index contributed by atoms with van der Waals surface area (Å²) in [6.07, 6.45) is 1.61. The molecular weight excluding hydrogens is 278 g/mol. The van der Waals surface area contributed by atoms with Gasteiger partial charge in [0, 0.05) is 26.1 Å². The fourth-order valence-electron chi connectivity index (χ4n) is 2.28. The number of benzene rings is 1. The van der Waals surface area contributed by atoms with Crippen molar-refractivity contribution >= 4 is 11.8 Å². The molecule has 0 saturated heterocycles. The molecule has 3 N–H and O–H groups in total. The van der Waals surface area contributed by atoms with Crippen molar-refractivity contribution in [3.8, 4) is 0 Å². The first-order valence-electron chi connectivity index (χ1n) is 7.93. The Hall–Kier alpha value is -1.88. The largest absolute Gasteiger partial charge is 0.355 e. The molecule has 1 atom stereocenters. The molecule has 5 nitrogen and oxygen atoms in total. The SMILES string of the molecule is CCN(CC)C(=O)CCCNC(=O)[C@@H](N)Cc1ccccc1. The molecule has 0 bridgehead atoms. The van der Waals surface area contributed by atoms with Crippen molar-refractivity contribution in [1.82, 2.24) is 10.2 Å². The first-order chi connectivity index (χ1) is 10.6. The van der Waals surface area contributed by atoms with E-state index in [0.29, 0.717) is 25.8 Å². The lowest BCUT2D eigenvalue weighted by atomic mass is 10.1. The maximum absolute atomic E-state index is 11.9. The second-order valence-electron chi connectivity index (χ2n) is 5.26. The van der Waals surface area contributed by atoms with Crippen LogP contribution in [0.2, 0.25) is 0 Å². The van der Waals surface area contributed by atoms with Gasteiger partial charge in [0.15, 0.2) is 0 Å². The van der Waals surface area contributed by atoms with E-state index in [0.717, 1.165) is 18.7 Å². The van der Waals surface area contributed by atoms with E-state index < -0.39 is 6.04 Å². The molecule has 0 saturated carbocycles. The van der Waals surface area contributed by atoms with Crippen LogP contribution >= 0.6 is 0 Å². The Morgan fingerprint density at radius 1 is 1.18 bits per heavy atom. The monoisotopic (exact) mass is 305 g/mol. The summed E-state index contributed by atoms with van der Waals surface area (Å²) < 4.78 is 0. The summed E-state index contributed by atoms with van der Waals surface area (Å²) in [7, 11) is 0. The van der Waals surface area contributed by atoms with E-state index in [1.165, 1.54) is 0 Å². The first-order valence-corrected chi connectivity index (χ1v) is 7.93. The van der Waals surface area contributed by atoms with Crippen LogP contribution in [0.4, 0.5) is 0 Å². The molecule has 0 aliphatic rings. The number of amides is 2. The van der Waals surface area contributed by atoms with E-state index in [1.54, 1.807) is 4.90 Å². The molecular formula is C17H27N3O2. The van der Waals surface area contributed by atoms with Gasteiger partial charge in [0.1, 0.15) is 0 Å². The molecule has 122 valence electrons. The third kappa shape index (κ3) is 6.26. The van der Waals surface area contributed by atoms with Crippen LogP contribution in [-0.2, 0) is 16.0 Å². The minimum Gasteiger partial charge on any atom is -0.355 e. The molecule has 22 heavy (non-hydrogen) atoms. The van der Waals surface area contributed by atoms with Crippen molar-refractivity contribution in [3.63, 3.8) is 0 Å². The molecule has 0 radical (unpaired) electrons. The average Bonchev–Trinajstić information content (AvgIpc) is 2.53. The van der Waals surface area contributed by atoms with Crippen molar-refractivity contribution in [2.45, 2.75) is 39.2 Å². The number of nitrogens with two attached hydrogens (primary N) is 1. The fourth-order valence-corrected chi connectivity index (χ4v) is 2.28. The van der Waals surface area contributed by atoms with Crippen LogP contribution < -0.4 is 11.1 Å². The molecule has 2 amide bonds. The topological polar surface area (TPSA) is 75.4 Å². The molecule has 0 spiro atoms. The van der Waals surface area contributed by atoms with Gasteiger partial charge in [-0.3, -0.25) is 9.59 Å². The summed E-state index contributed by atoms with van der Waals surface area (Å²) in [6, 6.07) is 9.15. The van der Waals surface area contributed by atoms with Gasteiger partial charge < -0.3 is 16.0 Å². The molecule has 0 aliphatic carbocycles. The van der Waals surface area contributed by atoms with Gasteiger partial charge in [-0.05, 0) is 32.3 Å². The Balaban J connectivity index is 2.24. The number of nitrogens with one attached hydrogen (secondary N) is 1. The minimum absolute atomic E-state index is 0.132. The number of hydrogen-bond acceptors (Lipinski definition) is 3. The van der Waals surface area contributed by atoms with E-state index in [9.17, 15) is 9.59 Å². The van der Waals surface area contributed by atoms with Crippen molar-refractivity contribution in [2.75, 3.05) is 19.6 Å². The summed E-state index contributed by atoms with van der Waals surface area (Å²) in [4.78, 5) is 25.5. The number of carbonyl (C=O) groups is 2. The smallest absolute Gasteiger partial charge is 0.237 e. The standard InChI is InChI=1S/C17H27N3O2/c1-3-20(4-2)16(21)11-8-12-19-17(22)15(18)13-14-9-6-5-7-10-14/h5-7,9-10,15H,3-4,8,11-13,18H2,1-2H3,(H,19,22)/t15-/m0/s1. The molecule has 1 aromatic carbocycles. The summed E-state index contributed by atoms with van der Waals surface area (Å²) >= 11 is 0. The van der Waals surface area contributed by atoms with Crippen LogP contribution in [0.25, 0.3) is 0 Å². The molecule has 0 unspecified atom stereocenters. The highest BCUT2D eigenvalue weighted by Crippen LogP contribution is 2.02. The van der Waals surface area contributed by atoms with Crippen molar-refractivity contribution in [2.24, 2.45) is 5.73 Å². The normalized spacial score (nSPS) is 11.8. The van der Waals surface area contributed by atoms with Gasteiger partial charge in [0.2, 0.25) is 11.8 Å². The minimum atomic E-state index is -0.555. The first kappa shape index (κ1) is 18.2. The number of hydrogen-bond donors (Lipinski definition) is 2. The number of nitrogens with zero attached hydrogens (tertiary/aromatic N) is 1. The van der Waals surface area contributed by atoms with Gasteiger partial charge in [0.05, 0.1) is 6.04 Å². The molecule has 1 aromatic rings. The van der Waals surface area contributed by atoms with Gasteiger partial charge in [-0.25, -0.2) is 0 Å². The summed E-state index contributed by atoms with van der Waals surface area (Å²) in [6.45, 7) is 5.86. The number of carbonyl (C=O) groups excluding carboxylic acids is 2. The highest BCUT2D eigenvalue weighted by Gasteiger charge is 2.14. The maximum atomic E-state index is 11.9. The van der Waals surface area contributed by atoms with Crippen LogP contribution in [0.3, 0.4) is 0 Å². The lowest BCUT2D eigenvalue weighted by Gasteiger charge is -2.18. The van der Waals surface area contributed by atoms with Crippen LogP contribution in [-0.4, -0.2) is 42.4 Å². The molecule has 0 fully saturated rings. The lowest BCUT2D eigenvalue weighted by Crippen LogP contribution is -2.42. The molecule has 0 heterocycles. The van der Waals surface area contributed by atoms with Crippen LogP contribution in [0.5, 0.6) is 0 Å². The van der Waals surface area contributed by atoms with Gasteiger partial charge >= 0.3 is 0 Å². The van der Waals surface area contributed by atoms with E-state index in [1.807, 2.05) is 44.2 Å². The third-order valence-corrected chi connectivity index (χ3v) is 3.62. The second-order valence-corrected chi connectivity index (χ2v) is 5.26. The highest BCUT2D eigenvalue weighted by molar-refractivity contribution is 5.82. The Kier molecular flexibility index (Phi) is 8.22. The number of rotatable bonds is 9. The molecule has 0 aliphatic heterocycles. The predicted octanol–water partition coefficient (Wildman–Crippen LogP) is 1.32. The molecule has 1 rings (SSSR count). The fraction of sp³-hybridized carbons (Fsp3) is 0.529. The van der Waals surface area contributed by atoms with Gasteiger partial charge in [-0.1, -0.05) is 30.3 Å². The Morgan fingerprint density at radius 2 is 1.82 bits per heavy atom. The summed E-state index contributed by atoms with van der Waals surface area (Å²) in [5.74, 6) is -0.0352. The van der Waals surface area contributed by atoms with Gasteiger partial charge in [0.25, 0.3) is 0 Å². The van der Waals surface area contributed by atoms with Crippen LogP contribution in [0.15, 0.2) is 30.3 Å². The average molecular weight is 305 g/mol. The quantitative estimate of drug-likeness (QED) is 0.676. The maximum Gasteiger partial charge on any atom is 0.237 e. The van der Waals surface area contributed by atoms with Gasteiger partial charge in [-0.15, -0.1) is 0 Å². The molecule has 0 aromatic heterocycles. The molecule has 5 heteroatoms. The van der Waals surface area contributed by atoms with Crippen molar-refractivity contribution in [3.05, 3.63) is 35.9 Å². The van der Waals surface area contributed by atoms with E-state index in [4.69, 9.17) is 5.73 Å². The zero-order valence-corrected chi connectivity index (χ0v) is 13.5. The highest BCUT2D eigenvalue weighted by atomic mass is 16.2. The summed E-state index contributed by atoms with van der Waals surface area (Å²) in [5, 5.41) is 2.80. The van der Waals surface area contributed by atoms with Crippen molar-refractivity contribution in [1.29, 1.82) is 0 Å². The Morgan fingerprint density at radius 3 is 2.41 bits per heavy atom. The van der Waals surface area contributed by atoms with Crippen molar-refractivity contribution < 1.29 is 9.59 Å². The van der Waals surface area contributed by atoms with E-state index >= 15 is 0 Å². The zero-order valence-electron chi connectivity index (χ0n) is 13.5. The second kappa shape index (κ2) is 9.95. The Labute approximate surface area is 132 Å². The lowest BCUT2D eigenvalue weighted by molar-refractivity contribution is -0.131. The third-order valence-electron chi connectivity index (χ3n) is 3.62.